The Bertz CT molecular complexity index is 914. The summed E-state index contributed by atoms with van der Waals surface area (Å²) >= 11 is 4.35. The van der Waals surface area contributed by atoms with Crippen LogP contribution in [0.25, 0.3) is 0 Å². The number of ether oxygens (including phenoxy) is 1. The quantitative estimate of drug-likeness (QED) is 0.402. The van der Waals surface area contributed by atoms with E-state index in [1.165, 1.54) is 0 Å². The van der Waals surface area contributed by atoms with Crippen molar-refractivity contribution in [3.63, 3.8) is 0 Å². The summed E-state index contributed by atoms with van der Waals surface area (Å²) in [5, 5.41) is 5.79. The first-order valence-corrected chi connectivity index (χ1v) is 13.2. The fraction of sp³-hybridized carbons (Fsp3) is 0.667. The van der Waals surface area contributed by atoms with Crippen molar-refractivity contribution >= 4 is 30.5 Å². The minimum atomic E-state index is -0.921. The highest BCUT2D eigenvalue weighted by molar-refractivity contribution is 7.80. The van der Waals surface area contributed by atoms with E-state index in [1.54, 1.807) is 25.7 Å². The summed E-state index contributed by atoms with van der Waals surface area (Å²) in [6.45, 7) is 15.4. The van der Waals surface area contributed by atoms with Gasteiger partial charge in [0, 0.05) is 17.8 Å². The van der Waals surface area contributed by atoms with Crippen LogP contribution in [0, 0.1) is 19.8 Å². The molecule has 196 valence electrons. The first-order chi connectivity index (χ1) is 16.3. The van der Waals surface area contributed by atoms with Gasteiger partial charge in [0.1, 0.15) is 17.7 Å². The molecule has 0 spiro atoms. The average molecular weight is 506 g/mol. The maximum absolute atomic E-state index is 13.9. The van der Waals surface area contributed by atoms with Crippen LogP contribution in [0.15, 0.2) is 18.2 Å². The molecule has 1 aliphatic carbocycles. The van der Waals surface area contributed by atoms with Crippen LogP contribution in [0.1, 0.15) is 83.5 Å². The normalized spacial score (nSPS) is 19.8. The van der Waals surface area contributed by atoms with E-state index in [0.29, 0.717) is 0 Å². The average Bonchev–Trinajstić information content (AvgIpc) is 3.44. The Morgan fingerprint density at radius 2 is 1.83 bits per heavy atom. The van der Waals surface area contributed by atoms with Crippen LogP contribution >= 0.6 is 12.6 Å². The molecule has 0 aliphatic heterocycles. The first kappa shape index (κ1) is 29.0. The van der Waals surface area contributed by atoms with E-state index < -0.39 is 23.8 Å². The number of alkyl carbamates (subject to hydrolysis) is 1. The number of hydrogen-bond acceptors (Lipinski definition) is 5. The summed E-state index contributed by atoms with van der Waals surface area (Å²) in [6, 6.07) is 4.09. The monoisotopic (exact) mass is 505 g/mol. The van der Waals surface area contributed by atoms with Crippen molar-refractivity contribution in [1.29, 1.82) is 0 Å². The highest BCUT2D eigenvalue weighted by Gasteiger charge is 2.48. The van der Waals surface area contributed by atoms with Gasteiger partial charge in [-0.25, -0.2) is 4.79 Å². The second kappa shape index (κ2) is 12.2. The Hall–Kier alpha value is -2.22. The number of aryl methyl sites for hydroxylation is 2. The largest absolute Gasteiger partial charge is 0.444 e. The zero-order valence-corrected chi connectivity index (χ0v) is 23.4. The summed E-state index contributed by atoms with van der Waals surface area (Å²) in [6.07, 6.45) is 1.91. The van der Waals surface area contributed by atoms with Gasteiger partial charge in [-0.1, -0.05) is 44.0 Å². The molecule has 0 heterocycles. The molecule has 0 saturated heterocycles. The molecule has 1 fully saturated rings. The van der Waals surface area contributed by atoms with Gasteiger partial charge in [0.15, 0.2) is 0 Å². The van der Waals surface area contributed by atoms with E-state index in [1.807, 2.05) is 39.0 Å². The highest BCUT2D eigenvalue weighted by atomic mass is 32.1. The number of hydrogen-bond donors (Lipinski definition) is 3. The standard InChI is InChI=1S/C27H43N3O4S/c1-9-10-19(5)28-24(31)23(20-12-11-16(2)13-17(20)3)30(22-14-18(22)4)25(32)21(15-35)29-26(33)34-27(6,7)8/h11-13,18-19,21-23,35H,9-10,14-15H2,1-8H3,(H,28,31)(H,29,33). The zero-order valence-electron chi connectivity index (χ0n) is 22.5. The zero-order chi connectivity index (χ0) is 26.5. The molecule has 0 aromatic heterocycles. The molecule has 0 radical (unpaired) electrons. The van der Waals surface area contributed by atoms with Crippen molar-refractivity contribution in [1.82, 2.24) is 15.5 Å². The Morgan fingerprint density at radius 1 is 1.20 bits per heavy atom. The third-order valence-electron chi connectivity index (χ3n) is 6.21. The van der Waals surface area contributed by atoms with Crippen molar-refractivity contribution < 1.29 is 19.1 Å². The fourth-order valence-corrected chi connectivity index (χ4v) is 4.61. The molecule has 7 nitrogen and oxygen atoms in total. The molecule has 2 N–H and O–H groups in total. The topological polar surface area (TPSA) is 87.7 Å². The fourth-order valence-electron chi connectivity index (χ4n) is 4.36. The predicted molar refractivity (Wildman–Crippen MR) is 143 cm³/mol. The van der Waals surface area contributed by atoms with Gasteiger partial charge in [-0.3, -0.25) is 9.59 Å². The second-order valence-corrected chi connectivity index (χ2v) is 11.2. The van der Waals surface area contributed by atoms with Gasteiger partial charge in [0.2, 0.25) is 11.8 Å². The molecule has 1 aliphatic rings. The van der Waals surface area contributed by atoms with Crippen molar-refractivity contribution in [2.45, 2.75) is 104 Å². The molecular formula is C27H43N3O4S. The van der Waals surface area contributed by atoms with Crippen molar-refractivity contribution in [3.05, 3.63) is 34.9 Å². The number of rotatable bonds is 10. The van der Waals surface area contributed by atoms with Crippen LogP contribution in [0.5, 0.6) is 0 Å². The van der Waals surface area contributed by atoms with Gasteiger partial charge in [-0.05, 0) is 71.4 Å². The Kier molecular flexibility index (Phi) is 10.1. The lowest BCUT2D eigenvalue weighted by atomic mass is 9.96. The molecule has 3 amide bonds. The van der Waals surface area contributed by atoms with Gasteiger partial charge in [-0.2, -0.15) is 12.6 Å². The maximum Gasteiger partial charge on any atom is 0.408 e. The van der Waals surface area contributed by atoms with E-state index in [-0.39, 0.29) is 35.6 Å². The summed E-state index contributed by atoms with van der Waals surface area (Å²) in [5.41, 5.74) is 2.12. The third-order valence-corrected chi connectivity index (χ3v) is 6.57. The number of carbonyl (C=O) groups excluding carboxylic acids is 3. The number of nitrogens with one attached hydrogen (secondary N) is 2. The van der Waals surface area contributed by atoms with Crippen LogP contribution in [0.3, 0.4) is 0 Å². The Morgan fingerprint density at radius 3 is 2.31 bits per heavy atom. The van der Waals surface area contributed by atoms with Crippen molar-refractivity contribution in [2.24, 2.45) is 5.92 Å². The molecule has 2 rings (SSSR count). The van der Waals surface area contributed by atoms with Gasteiger partial charge in [-0.15, -0.1) is 0 Å². The summed E-state index contributed by atoms with van der Waals surface area (Å²) in [7, 11) is 0. The number of nitrogens with zero attached hydrogens (tertiary/aromatic N) is 1. The SMILES string of the molecule is CCCC(C)NC(=O)C(c1ccc(C)cc1C)N(C(=O)C(CS)NC(=O)OC(C)(C)C)C1CC1C. The number of amides is 3. The smallest absolute Gasteiger partial charge is 0.408 e. The van der Waals surface area contributed by atoms with Crippen LogP contribution in [0.4, 0.5) is 4.79 Å². The highest BCUT2D eigenvalue weighted by Crippen LogP contribution is 2.41. The lowest BCUT2D eigenvalue weighted by molar-refractivity contribution is -0.143. The molecule has 0 bridgehead atoms. The lowest BCUT2D eigenvalue weighted by Gasteiger charge is -2.36. The van der Waals surface area contributed by atoms with E-state index >= 15 is 0 Å². The minimum absolute atomic E-state index is 0.0186. The van der Waals surface area contributed by atoms with E-state index in [0.717, 1.165) is 36.0 Å². The van der Waals surface area contributed by atoms with Crippen LogP contribution in [0.2, 0.25) is 0 Å². The van der Waals surface area contributed by atoms with Gasteiger partial charge in [0.05, 0.1) is 0 Å². The van der Waals surface area contributed by atoms with E-state index in [4.69, 9.17) is 4.74 Å². The summed E-state index contributed by atoms with van der Waals surface area (Å²) < 4.78 is 5.37. The number of benzene rings is 1. The van der Waals surface area contributed by atoms with Gasteiger partial charge < -0.3 is 20.3 Å². The Balaban J connectivity index is 2.47. The Labute approximate surface area is 216 Å². The maximum atomic E-state index is 13.9. The van der Waals surface area contributed by atoms with Crippen LogP contribution in [-0.4, -0.2) is 52.3 Å². The molecular weight excluding hydrogens is 462 g/mol. The van der Waals surface area contributed by atoms with Gasteiger partial charge >= 0.3 is 6.09 Å². The molecule has 1 aromatic rings. The third kappa shape index (κ3) is 8.16. The van der Waals surface area contributed by atoms with Crippen LogP contribution < -0.4 is 10.6 Å². The van der Waals surface area contributed by atoms with Crippen molar-refractivity contribution in [2.75, 3.05) is 5.75 Å². The van der Waals surface area contributed by atoms with Crippen LogP contribution in [-0.2, 0) is 14.3 Å². The van der Waals surface area contributed by atoms with E-state index in [9.17, 15) is 14.4 Å². The molecule has 1 saturated carbocycles. The second-order valence-electron chi connectivity index (χ2n) is 10.9. The molecule has 5 unspecified atom stereocenters. The number of carbonyl (C=O) groups is 3. The predicted octanol–water partition coefficient (Wildman–Crippen LogP) is 4.71. The van der Waals surface area contributed by atoms with Crippen molar-refractivity contribution in [3.8, 4) is 0 Å². The molecule has 1 aromatic carbocycles. The summed E-state index contributed by atoms with van der Waals surface area (Å²) in [5.74, 6) is -0.192. The first-order valence-electron chi connectivity index (χ1n) is 12.6. The molecule has 35 heavy (non-hydrogen) atoms. The molecule has 8 heteroatoms. The van der Waals surface area contributed by atoms with E-state index in [2.05, 4.69) is 37.1 Å². The lowest BCUT2D eigenvalue weighted by Crippen LogP contribution is -2.55. The minimum Gasteiger partial charge on any atom is -0.444 e. The van der Waals surface area contributed by atoms with Gasteiger partial charge in [0.25, 0.3) is 0 Å². The summed E-state index contributed by atoms with van der Waals surface area (Å²) in [4.78, 5) is 41.8. The number of thiol groups is 1. The molecule has 5 atom stereocenters.